The number of nitrogens with one attached hydrogen (secondary N) is 1. The molecule has 0 aliphatic rings. The Morgan fingerprint density at radius 2 is 2.62 bits per heavy atom. The van der Waals surface area contributed by atoms with Gasteiger partial charge in [-0.1, -0.05) is 5.16 Å². The van der Waals surface area contributed by atoms with Gasteiger partial charge in [-0.2, -0.15) is 10.2 Å². The van der Waals surface area contributed by atoms with Crippen molar-refractivity contribution in [2.24, 2.45) is 0 Å². The topological polar surface area (TPSA) is 91.8 Å². The summed E-state index contributed by atoms with van der Waals surface area (Å²) in [5, 5.41) is 14.3. The molecule has 1 rings (SSSR count). The van der Waals surface area contributed by atoms with Crippen LogP contribution in [0.25, 0.3) is 0 Å². The third-order valence-corrected chi connectivity index (χ3v) is 1.32. The molecule has 0 saturated heterocycles. The number of nitrogens with zero attached hydrogens (tertiary/aromatic N) is 3. The van der Waals surface area contributed by atoms with Crippen molar-refractivity contribution in [1.29, 1.82) is 5.26 Å². The van der Waals surface area contributed by atoms with Crippen molar-refractivity contribution in [1.82, 2.24) is 15.5 Å². The van der Waals surface area contributed by atoms with Crippen molar-refractivity contribution in [2.45, 2.75) is 12.8 Å². The number of carbonyl (C=O) groups excluding carboxylic acids is 1. The smallest absolute Gasteiger partial charge is 0.234 e. The fourth-order valence-corrected chi connectivity index (χ4v) is 0.751. The second-order valence-corrected chi connectivity index (χ2v) is 2.28. The highest BCUT2D eigenvalue weighted by atomic mass is 16.5. The van der Waals surface area contributed by atoms with Crippen LogP contribution >= 0.6 is 0 Å². The Morgan fingerprint density at radius 3 is 3.23 bits per heavy atom. The number of aromatic nitrogens is 2. The molecule has 1 N–H and O–H groups in total. The quantitative estimate of drug-likeness (QED) is 0.683. The van der Waals surface area contributed by atoms with Gasteiger partial charge in [0.1, 0.15) is 6.42 Å². The summed E-state index contributed by atoms with van der Waals surface area (Å²) in [6.07, 6.45) is 1.62. The van der Waals surface area contributed by atoms with Crippen molar-refractivity contribution in [3.05, 3.63) is 12.2 Å². The summed E-state index contributed by atoms with van der Waals surface area (Å²) >= 11 is 0. The van der Waals surface area contributed by atoms with Crippen LogP contribution in [-0.2, 0) is 11.2 Å². The summed E-state index contributed by atoms with van der Waals surface area (Å²) in [6, 6.07) is 1.75. The Hall–Kier alpha value is -1.90. The van der Waals surface area contributed by atoms with Crippen molar-refractivity contribution in [2.75, 3.05) is 6.54 Å². The first-order valence-electron chi connectivity index (χ1n) is 3.72. The fraction of sp³-hybridized carbons (Fsp3) is 0.429. The van der Waals surface area contributed by atoms with E-state index in [1.807, 2.05) is 0 Å². The number of hydrogen-bond donors (Lipinski definition) is 1. The second-order valence-electron chi connectivity index (χ2n) is 2.28. The molecule has 0 atom stereocenters. The molecule has 0 spiro atoms. The molecule has 0 bridgehead atoms. The summed E-state index contributed by atoms with van der Waals surface area (Å²) in [4.78, 5) is 14.5. The van der Waals surface area contributed by atoms with E-state index in [-0.39, 0.29) is 12.3 Å². The molecule has 1 aromatic heterocycles. The van der Waals surface area contributed by atoms with Crippen LogP contribution in [0.1, 0.15) is 12.2 Å². The van der Waals surface area contributed by atoms with Crippen molar-refractivity contribution in [3.8, 4) is 6.07 Å². The maximum absolute atomic E-state index is 10.8. The first kappa shape index (κ1) is 9.19. The van der Waals surface area contributed by atoms with Gasteiger partial charge in [0.25, 0.3) is 0 Å². The Morgan fingerprint density at radius 1 is 1.77 bits per heavy atom. The predicted molar refractivity (Wildman–Crippen MR) is 41.2 cm³/mol. The van der Waals surface area contributed by atoms with Crippen LogP contribution < -0.4 is 5.32 Å². The van der Waals surface area contributed by atoms with Crippen molar-refractivity contribution in [3.63, 3.8) is 0 Å². The molecular formula is C7H8N4O2. The number of rotatable bonds is 4. The largest absolute Gasteiger partial charge is 0.355 e. The van der Waals surface area contributed by atoms with Gasteiger partial charge >= 0.3 is 0 Å². The van der Waals surface area contributed by atoms with Gasteiger partial charge in [0.05, 0.1) is 6.07 Å². The molecule has 0 aliphatic heterocycles. The van der Waals surface area contributed by atoms with Gasteiger partial charge in [-0.3, -0.25) is 4.79 Å². The maximum atomic E-state index is 10.8. The Bertz CT molecular complexity index is 301. The summed E-state index contributed by atoms with van der Waals surface area (Å²) < 4.78 is 4.49. The van der Waals surface area contributed by atoms with E-state index in [0.717, 1.165) is 0 Å². The summed E-state index contributed by atoms with van der Waals surface area (Å²) in [6.45, 7) is 0.417. The molecule has 0 radical (unpaired) electrons. The fourth-order valence-electron chi connectivity index (χ4n) is 0.751. The van der Waals surface area contributed by atoms with Crippen LogP contribution in [-0.4, -0.2) is 22.6 Å². The third kappa shape index (κ3) is 3.33. The van der Waals surface area contributed by atoms with Gasteiger partial charge in [0.15, 0.2) is 5.82 Å². The van der Waals surface area contributed by atoms with E-state index in [1.54, 1.807) is 6.07 Å². The molecule has 13 heavy (non-hydrogen) atoms. The summed E-state index contributed by atoms with van der Waals surface area (Å²) in [5.41, 5.74) is 0. The zero-order chi connectivity index (χ0) is 9.52. The average molecular weight is 180 g/mol. The molecule has 0 fully saturated rings. The molecular weight excluding hydrogens is 172 g/mol. The highest BCUT2D eigenvalue weighted by Crippen LogP contribution is 1.88. The van der Waals surface area contributed by atoms with Gasteiger partial charge in [0, 0.05) is 13.0 Å². The normalized spacial score (nSPS) is 9.15. The number of amides is 1. The van der Waals surface area contributed by atoms with Crippen LogP contribution in [0.2, 0.25) is 0 Å². The van der Waals surface area contributed by atoms with E-state index in [1.165, 1.54) is 6.39 Å². The Kier molecular flexibility index (Phi) is 3.45. The third-order valence-electron chi connectivity index (χ3n) is 1.32. The molecule has 1 amide bonds. The summed E-state index contributed by atoms with van der Waals surface area (Å²) in [7, 11) is 0. The minimum Gasteiger partial charge on any atom is -0.355 e. The van der Waals surface area contributed by atoms with Crippen molar-refractivity contribution >= 4 is 5.91 Å². The van der Waals surface area contributed by atoms with E-state index in [9.17, 15) is 4.79 Å². The van der Waals surface area contributed by atoms with E-state index in [0.29, 0.717) is 18.8 Å². The first-order valence-corrected chi connectivity index (χ1v) is 3.72. The monoisotopic (exact) mass is 180 g/mol. The molecule has 1 aromatic rings. The van der Waals surface area contributed by atoms with Gasteiger partial charge in [-0.05, 0) is 0 Å². The minimum atomic E-state index is -0.286. The SMILES string of the molecule is N#CCC(=O)NCCc1ncon1. The summed E-state index contributed by atoms with van der Waals surface area (Å²) in [5.74, 6) is 0.253. The lowest BCUT2D eigenvalue weighted by Crippen LogP contribution is -2.25. The Balaban J connectivity index is 2.15. The predicted octanol–water partition coefficient (Wildman–Crippen LogP) is -0.358. The second kappa shape index (κ2) is 4.87. The minimum absolute atomic E-state index is 0.119. The van der Waals surface area contributed by atoms with E-state index >= 15 is 0 Å². The zero-order valence-electron chi connectivity index (χ0n) is 6.86. The average Bonchev–Trinajstić information content (AvgIpc) is 2.57. The molecule has 0 aromatic carbocycles. The number of nitriles is 1. The molecule has 0 saturated carbocycles. The van der Waals surface area contributed by atoms with Crippen molar-refractivity contribution < 1.29 is 9.32 Å². The molecule has 68 valence electrons. The van der Waals surface area contributed by atoms with Gasteiger partial charge in [0.2, 0.25) is 12.3 Å². The highest BCUT2D eigenvalue weighted by molar-refractivity contribution is 5.77. The first-order chi connectivity index (χ1) is 6.33. The van der Waals surface area contributed by atoms with Gasteiger partial charge in [-0.15, -0.1) is 0 Å². The molecule has 1 heterocycles. The lowest BCUT2D eigenvalue weighted by atomic mass is 10.4. The van der Waals surface area contributed by atoms with E-state index < -0.39 is 0 Å². The molecule has 0 aliphatic carbocycles. The number of hydrogen-bond acceptors (Lipinski definition) is 5. The molecule has 6 nitrogen and oxygen atoms in total. The lowest BCUT2D eigenvalue weighted by molar-refractivity contribution is -0.120. The standard InChI is InChI=1S/C7H8N4O2/c8-3-1-7(12)9-4-2-6-10-5-13-11-6/h5H,1-2,4H2,(H,9,12). The van der Waals surface area contributed by atoms with Crippen LogP contribution in [0.3, 0.4) is 0 Å². The highest BCUT2D eigenvalue weighted by Gasteiger charge is 2.01. The van der Waals surface area contributed by atoms with Crippen LogP contribution in [0.4, 0.5) is 0 Å². The molecule has 0 unspecified atom stereocenters. The maximum Gasteiger partial charge on any atom is 0.234 e. The van der Waals surface area contributed by atoms with Crippen LogP contribution in [0, 0.1) is 11.3 Å². The van der Waals surface area contributed by atoms with Crippen LogP contribution in [0.5, 0.6) is 0 Å². The number of carbonyl (C=O) groups is 1. The lowest BCUT2D eigenvalue weighted by Gasteiger charge is -1.98. The van der Waals surface area contributed by atoms with Gasteiger partial charge in [-0.25, -0.2) is 0 Å². The van der Waals surface area contributed by atoms with E-state index in [2.05, 4.69) is 20.0 Å². The van der Waals surface area contributed by atoms with Crippen LogP contribution in [0.15, 0.2) is 10.9 Å². The van der Waals surface area contributed by atoms with Gasteiger partial charge < -0.3 is 9.84 Å². The molecule has 6 heteroatoms. The Labute approximate surface area is 74.5 Å². The van der Waals surface area contributed by atoms with E-state index in [4.69, 9.17) is 5.26 Å². The zero-order valence-corrected chi connectivity index (χ0v) is 6.86.